The lowest BCUT2D eigenvalue weighted by Crippen LogP contribution is -1.98. The molecule has 0 unspecified atom stereocenters. The van der Waals surface area contributed by atoms with Crippen molar-refractivity contribution in [3.8, 4) is 11.1 Å². The molecule has 0 saturated heterocycles. The largest absolute Gasteiger partial charge is 0.342 e. The van der Waals surface area contributed by atoms with Gasteiger partial charge in [-0.1, -0.05) is 60.7 Å². The predicted molar refractivity (Wildman–Crippen MR) is 142 cm³/mol. The Bertz CT molecular complexity index is 1650. The molecule has 1 N–H and O–H groups in total. The van der Waals surface area contributed by atoms with Crippen molar-refractivity contribution in [3.05, 3.63) is 114 Å². The summed E-state index contributed by atoms with van der Waals surface area (Å²) in [5, 5.41) is 8.69. The van der Waals surface area contributed by atoms with E-state index in [9.17, 15) is 4.39 Å². The number of anilines is 1. The molecule has 3 aromatic heterocycles. The van der Waals surface area contributed by atoms with Gasteiger partial charge in [-0.3, -0.25) is 5.43 Å². The highest BCUT2D eigenvalue weighted by Crippen LogP contribution is 2.36. The number of para-hydroxylation sites is 1. The minimum atomic E-state index is -0.232. The molecule has 35 heavy (non-hydrogen) atoms. The number of fused-ring (bicyclic) bond motifs is 2. The third-order valence-corrected chi connectivity index (χ3v) is 6.80. The van der Waals surface area contributed by atoms with Gasteiger partial charge in [0.25, 0.3) is 0 Å². The van der Waals surface area contributed by atoms with Crippen molar-refractivity contribution in [3.63, 3.8) is 0 Å². The highest BCUT2D eigenvalue weighted by Gasteiger charge is 2.13. The number of hydrazone groups is 1. The fraction of sp³-hybridized carbons (Fsp3) is 0.0357. The van der Waals surface area contributed by atoms with Crippen LogP contribution in [0, 0.1) is 5.82 Å². The highest BCUT2D eigenvalue weighted by atomic mass is 32.1. The first kappa shape index (κ1) is 21.2. The molecular weight excluding hydrogens is 457 g/mol. The average molecular weight is 478 g/mol. The fourth-order valence-electron chi connectivity index (χ4n) is 4.25. The Hall–Kier alpha value is -4.36. The van der Waals surface area contributed by atoms with E-state index in [4.69, 9.17) is 0 Å². The lowest BCUT2D eigenvalue weighted by Gasteiger charge is -2.05. The van der Waals surface area contributed by atoms with Crippen LogP contribution in [0.15, 0.2) is 102 Å². The van der Waals surface area contributed by atoms with Crippen LogP contribution in [0.2, 0.25) is 0 Å². The molecule has 7 heteroatoms. The summed E-state index contributed by atoms with van der Waals surface area (Å²) in [7, 11) is 0. The van der Waals surface area contributed by atoms with E-state index in [2.05, 4.69) is 60.9 Å². The van der Waals surface area contributed by atoms with E-state index >= 15 is 0 Å². The second-order valence-corrected chi connectivity index (χ2v) is 9.00. The van der Waals surface area contributed by atoms with Crippen molar-refractivity contribution < 1.29 is 4.39 Å². The smallest absolute Gasteiger partial charge is 0.159 e. The van der Waals surface area contributed by atoms with Gasteiger partial charge in [0.05, 0.1) is 11.6 Å². The van der Waals surface area contributed by atoms with Crippen molar-refractivity contribution in [2.24, 2.45) is 5.10 Å². The minimum Gasteiger partial charge on any atom is -0.342 e. The van der Waals surface area contributed by atoms with Crippen molar-refractivity contribution in [2.45, 2.75) is 6.54 Å². The molecule has 5 nitrogen and oxygen atoms in total. The van der Waals surface area contributed by atoms with E-state index < -0.39 is 0 Å². The van der Waals surface area contributed by atoms with Gasteiger partial charge in [-0.25, -0.2) is 14.4 Å². The summed E-state index contributed by atoms with van der Waals surface area (Å²) in [6, 6.07) is 25.0. The van der Waals surface area contributed by atoms with Gasteiger partial charge in [0.15, 0.2) is 5.82 Å². The zero-order valence-electron chi connectivity index (χ0n) is 18.6. The van der Waals surface area contributed by atoms with Gasteiger partial charge in [0.2, 0.25) is 0 Å². The van der Waals surface area contributed by atoms with Crippen LogP contribution in [0.5, 0.6) is 0 Å². The molecule has 0 spiro atoms. The van der Waals surface area contributed by atoms with Gasteiger partial charge in [0, 0.05) is 40.2 Å². The molecule has 0 aliphatic carbocycles. The number of thiophene rings is 1. The maximum absolute atomic E-state index is 13.3. The van der Waals surface area contributed by atoms with Crippen LogP contribution in [0.4, 0.5) is 10.2 Å². The summed E-state index contributed by atoms with van der Waals surface area (Å²) >= 11 is 1.59. The van der Waals surface area contributed by atoms with Crippen LogP contribution in [-0.4, -0.2) is 20.7 Å². The zero-order valence-corrected chi connectivity index (χ0v) is 19.4. The fourth-order valence-corrected chi connectivity index (χ4v) is 5.16. The lowest BCUT2D eigenvalue weighted by molar-refractivity contribution is 0.626. The van der Waals surface area contributed by atoms with Gasteiger partial charge in [-0.05, 0) is 29.3 Å². The molecule has 0 aliphatic rings. The summed E-state index contributed by atoms with van der Waals surface area (Å²) in [4.78, 5) is 9.80. The molecule has 0 aliphatic heterocycles. The van der Waals surface area contributed by atoms with E-state index in [1.165, 1.54) is 12.1 Å². The molecular formula is C28H20FN5S. The third kappa shape index (κ3) is 4.18. The Kier molecular flexibility index (Phi) is 5.52. The number of halogens is 1. The number of nitrogens with one attached hydrogen (secondary N) is 1. The first-order valence-corrected chi connectivity index (χ1v) is 12.0. The summed E-state index contributed by atoms with van der Waals surface area (Å²) in [6.45, 7) is 0.643. The quantitative estimate of drug-likeness (QED) is 0.209. The van der Waals surface area contributed by atoms with Crippen molar-refractivity contribution in [1.82, 2.24) is 14.5 Å². The molecule has 3 aromatic carbocycles. The van der Waals surface area contributed by atoms with Crippen molar-refractivity contribution in [1.29, 1.82) is 0 Å². The van der Waals surface area contributed by atoms with Crippen LogP contribution in [0.1, 0.15) is 11.1 Å². The Morgan fingerprint density at radius 1 is 0.943 bits per heavy atom. The van der Waals surface area contributed by atoms with Crippen LogP contribution < -0.4 is 5.43 Å². The molecule has 0 fully saturated rings. The molecule has 6 rings (SSSR count). The van der Waals surface area contributed by atoms with Crippen molar-refractivity contribution in [2.75, 3.05) is 5.43 Å². The van der Waals surface area contributed by atoms with Crippen LogP contribution in [0.25, 0.3) is 32.2 Å². The van der Waals surface area contributed by atoms with Gasteiger partial charge in [-0.2, -0.15) is 5.10 Å². The Morgan fingerprint density at radius 2 is 1.74 bits per heavy atom. The predicted octanol–water partition coefficient (Wildman–Crippen LogP) is 6.95. The number of hydrogen-bond donors (Lipinski definition) is 1. The molecule has 0 radical (unpaired) electrons. The molecule has 170 valence electrons. The molecule has 0 atom stereocenters. The third-order valence-electron chi connectivity index (χ3n) is 5.91. The topological polar surface area (TPSA) is 55.1 Å². The highest BCUT2D eigenvalue weighted by molar-refractivity contribution is 7.17. The molecule has 6 aromatic rings. The van der Waals surface area contributed by atoms with Gasteiger partial charge in [-0.15, -0.1) is 11.3 Å². The second-order valence-electron chi connectivity index (χ2n) is 8.14. The molecule has 0 bridgehead atoms. The summed E-state index contributed by atoms with van der Waals surface area (Å²) in [5.74, 6) is 0.436. The van der Waals surface area contributed by atoms with E-state index in [0.717, 1.165) is 43.4 Å². The second kappa shape index (κ2) is 9.12. The molecule has 0 saturated carbocycles. The summed E-state index contributed by atoms with van der Waals surface area (Å²) < 4.78 is 15.5. The Labute approximate surface area is 205 Å². The zero-order chi connectivity index (χ0) is 23.6. The van der Waals surface area contributed by atoms with E-state index in [0.29, 0.717) is 12.4 Å². The number of hydrogen-bond acceptors (Lipinski definition) is 5. The normalized spacial score (nSPS) is 11.6. The summed E-state index contributed by atoms with van der Waals surface area (Å²) in [6.07, 6.45) is 5.43. The number of nitrogens with zero attached hydrogens (tertiary/aromatic N) is 4. The number of benzene rings is 3. The molecule has 3 heterocycles. The number of rotatable bonds is 6. The number of aromatic nitrogens is 3. The van der Waals surface area contributed by atoms with E-state index in [-0.39, 0.29) is 5.82 Å². The van der Waals surface area contributed by atoms with Crippen LogP contribution in [-0.2, 0) is 6.54 Å². The monoisotopic (exact) mass is 477 g/mol. The van der Waals surface area contributed by atoms with Gasteiger partial charge in [0.1, 0.15) is 17.0 Å². The Balaban J connectivity index is 1.32. The van der Waals surface area contributed by atoms with Crippen LogP contribution in [0.3, 0.4) is 0 Å². The Morgan fingerprint density at radius 3 is 2.60 bits per heavy atom. The van der Waals surface area contributed by atoms with Gasteiger partial charge >= 0.3 is 0 Å². The standard InChI is InChI=1S/C28H20FN5S/c29-22-12-10-19(11-13-22)15-34-16-21(23-8-4-5-9-25(23)34)14-32-33-27-26-24(20-6-2-1-3-7-20)17-35-28(26)31-18-30-27/h1-14,16-18H,15H2,(H,30,31,33). The van der Waals surface area contributed by atoms with E-state index in [1.807, 2.05) is 48.7 Å². The van der Waals surface area contributed by atoms with E-state index in [1.54, 1.807) is 17.7 Å². The van der Waals surface area contributed by atoms with Crippen molar-refractivity contribution >= 4 is 44.5 Å². The maximum Gasteiger partial charge on any atom is 0.159 e. The first-order chi connectivity index (χ1) is 17.3. The van der Waals surface area contributed by atoms with Gasteiger partial charge < -0.3 is 4.57 Å². The minimum absolute atomic E-state index is 0.232. The maximum atomic E-state index is 13.3. The SMILES string of the molecule is Fc1ccc(Cn2cc(C=NNc3ncnc4scc(-c5ccccc5)c34)c3ccccc32)cc1. The summed E-state index contributed by atoms with van der Waals surface area (Å²) in [5.41, 5.74) is 8.44. The average Bonchev–Trinajstić information content (AvgIpc) is 3.49. The first-order valence-electron chi connectivity index (χ1n) is 11.2. The lowest BCUT2D eigenvalue weighted by atomic mass is 10.1. The molecule has 0 amide bonds. The van der Waals surface area contributed by atoms with Crippen LogP contribution >= 0.6 is 11.3 Å².